The Kier molecular flexibility index (Phi) is 7.96. The van der Waals surface area contributed by atoms with Crippen molar-refractivity contribution in [3.8, 4) is 11.8 Å². The van der Waals surface area contributed by atoms with Crippen LogP contribution >= 0.6 is 15.9 Å². The monoisotopic (exact) mass is 536 g/mol. The van der Waals surface area contributed by atoms with Crippen LogP contribution in [0.25, 0.3) is 0 Å². The average Bonchev–Trinajstić information content (AvgIpc) is 2.71. The van der Waals surface area contributed by atoms with Crippen LogP contribution in [0.4, 0.5) is 13.6 Å². The van der Waals surface area contributed by atoms with Crippen molar-refractivity contribution in [3.05, 3.63) is 63.4 Å². The number of ether oxygens (including phenoxy) is 1. The molecule has 1 aliphatic rings. The van der Waals surface area contributed by atoms with Gasteiger partial charge in [-0.3, -0.25) is 4.90 Å². The van der Waals surface area contributed by atoms with Crippen molar-refractivity contribution < 1.29 is 28.5 Å². The topological polar surface area (TPSA) is 82.9 Å². The van der Waals surface area contributed by atoms with E-state index in [1.54, 1.807) is 32.9 Å². The van der Waals surface area contributed by atoms with E-state index in [0.29, 0.717) is 47.5 Å². The van der Waals surface area contributed by atoms with Crippen LogP contribution in [-0.2, 0) is 11.2 Å². The lowest BCUT2D eigenvalue weighted by Gasteiger charge is -2.39. The zero-order valence-corrected chi connectivity index (χ0v) is 20.8. The Morgan fingerprint density at radius 2 is 1.85 bits per heavy atom. The Morgan fingerprint density at radius 3 is 2.41 bits per heavy atom. The van der Waals surface area contributed by atoms with E-state index >= 15 is 0 Å². The number of aliphatic hydroxyl groups is 1. The highest BCUT2D eigenvalue weighted by Gasteiger charge is 2.36. The summed E-state index contributed by atoms with van der Waals surface area (Å²) in [6, 6.07) is 5.60. The first-order valence-corrected chi connectivity index (χ1v) is 11.6. The number of hydrogen-bond acceptors (Lipinski definition) is 4. The van der Waals surface area contributed by atoms with Gasteiger partial charge in [-0.05, 0) is 78.9 Å². The van der Waals surface area contributed by atoms with E-state index in [1.807, 2.05) is 0 Å². The van der Waals surface area contributed by atoms with Crippen molar-refractivity contribution in [2.24, 2.45) is 0 Å². The quantitative estimate of drug-likeness (QED) is 0.532. The summed E-state index contributed by atoms with van der Waals surface area (Å²) in [5.41, 5.74) is -1.03. The van der Waals surface area contributed by atoms with Crippen molar-refractivity contribution in [2.45, 2.75) is 57.2 Å². The summed E-state index contributed by atoms with van der Waals surface area (Å²) in [5, 5.41) is 20.7. The summed E-state index contributed by atoms with van der Waals surface area (Å²) < 4.78 is 33.6. The summed E-state index contributed by atoms with van der Waals surface area (Å²) >= 11 is 3.45. The predicted octanol–water partition coefficient (Wildman–Crippen LogP) is 5.08. The van der Waals surface area contributed by atoms with Crippen LogP contribution in [0.3, 0.4) is 0 Å². The molecule has 0 radical (unpaired) electrons. The molecule has 1 aromatic carbocycles. The lowest BCUT2D eigenvalue weighted by atomic mass is 9.94. The Hall–Kier alpha value is -2.54. The second-order valence-corrected chi connectivity index (χ2v) is 10.1. The fourth-order valence-electron chi connectivity index (χ4n) is 3.93. The van der Waals surface area contributed by atoms with E-state index in [4.69, 9.17) is 4.74 Å². The number of aromatic nitrogens is 1. The minimum absolute atomic E-state index is 0.0119. The second-order valence-electron chi connectivity index (χ2n) is 9.28. The minimum Gasteiger partial charge on any atom is -0.465 e. The summed E-state index contributed by atoms with van der Waals surface area (Å²) in [7, 11) is 0. The third kappa shape index (κ3) is 6.53. The Labute approximate surface area is 206 Å². The molecule has 34 heavy (non-hydrogen) atoms. The Bertz CT molecular complexity index is 1100. The number of benzene rings is 1. The smallest absolute Gasteiger partial charge is 0.408 e. The molecule has 2 N–H and O–H groups in total. The maximum Gasteiger partial charge on any atom is 0.408 e. The molecular weight excluding hydrogens is 510 g/mol. The molecule has 3 rings (SSSR count). The van der Waals surface area contributed by atoms with Gasteiger partial charge in [-0.1, -0.05) is 5.92 Å². The normalized spacial score (nSPS) is 16.3. The van der Waals surface area contributed by atoms with E-state index < -0.39 is 34.9 Å². The fourth-order valence-corrected chi connectivity index (χ4v) is 4.41. The number of hydrogen-bond donors (Lipinski definition) is 2. The standard InChI is InChI=1S/C25H27BrF2N2O4/c1-24(2,3)30(23(31)32)21(14-16-12-17(27)15-18(28)13-16)22-20(26)5-4-19(29-22)6-7-25(33)8-10-34-11-9-25/h4-5,12-13,15,21,33H,8-11,14H2,1-3H3,(H,31,32). The van der Waals surface area contributed by atoms with Gasteiger partial charge in [-0.25, -0.2) is 18.6 Å². The minimum atomic E-state index is -1.20. The van der Waals surface area contributed by atoms with Gasteiger partial charge in [0.05, 0.1) is 24.9 Å². The van der Waals surface area contributed by atoms with Gasteiger partial charge in [0.25, 0.3) is 0 Å². The SMILES string of the molecule is CC(C)(C)N(C(=O)O)C(Cc1cc(F)cc(F)c1)c1nc(C#CC2(O)CCOCC2)ccc1Br. The van der Waals surface area contributed by atoms with E-state index in [2.05, 4.69) is 32.8 Å². The van der Waals surface area contributed by atoms with Crippen LogP contribution in [0.2, 0.25) is 0 Å². The van der Waals surface area contributed by atoms with Crippen molar-refractivity contribution in [2.75, 3.05) is 13.2 Å². The Morgan fingerprint density at radius 1 is 1.24 bits per heavy atom. The second kappa shape index (κ2) is 10.4. The van der Waals surface area contributed by atoms with Gasteiger partial charge >= 0.3 is 6.09 Å². The molecule has 2 heterocycles. The van der Waals surface area contributed by atoms with Gasteiger partial charge in [0.1, 0.15) is 22.9 Å². The van der Waals surface area contributed by atoms with Crippen LogP contribution < -0.4 is 0 Å². The molecule has 9 heteroatoms. The van der Waals surface area contributed by atoms with Crippen molar-refractivity contribution in [1.82, 2.24) is 9.88 Å². The third-order valence-electron chi connectivity index (χ3n) is 5.52. The zero-order valence-electron chi connectivity index (χ0n) is 19.2. The molecule has 1 unspecified atom stereocenters. The molecule has 0 saturated carbocycles. The molecule has 0 spiro atoms. The Balaban J connectivity index is 2.08. The fraction of sp³-hybridized carbons (Fsp3) is 0.440. The highest BCUT2D eigenvalue weighted by molar-refractivity contribution is 9.10. The first kappa shape index (κ1) is 26.1. The first-order chi connectivity index (χ1) is 15.9. The lowest BCUT2D eigenvalue weighted by Crippen LogP contribution is -2.48. The van der Waals surface area contributed by atoms with Gasteiger partial charge in [-0.2, -0.15) is 0 Å². The number of pyridine rings is 1. The number of nitrogens with zero attached hydrogens (tertiary/aromatic N) is 2. The van der Waals surface area contributed by atoms with Crippen LogP contribution in [-0.4, -0.2) is 50.5 Å². The highest BCUT2D eigenvalue weighted by Crippen LogP contribution is 2.35. The van der Waals surface area contributed by atoms with E-state index in [-0.39, 0.29) is 6.42 Å². The molecule has 182 valence electrons. The molecule has 1 aromatic heterocycles. The molecular formula is C25H27BrF2N2O4. The molecule has 1 saturated heterocycles. The molecule has 1 fully saturated rings. The van der Waals surface area contributed by atoms with Crippen LogP contribution in [0, 0.1) is 23.5 Å². The predicted molar refractivity (Wildman–Crippen MR) is 126 cm³/mol. The zero-order chi connectivity index (χ0) is 25.1. The largest absolute Gasteiger partial charge is 0.465 e. The maximum absolute atomic E-state index is 13.9. The number of carbonyl (C=O) groups is 1. The van der Waals surface area contributed by atoms with Gasteiger partial charge in [0.15, 0.2) is 0 Å². The van der Waals surface area contributed by atoms with Crippen LogP contribution in [0.15, 0.2) is 34.8 Å². The van der Waals surface area contributed by atoms with E-state index in [0.717, 1.165) is 6.07 Å². The van der Waals surface area contributed by atoms with Gasteiger partial charge in [0, 0.05) is 28.9 Å². The number of rotatable bonds is 4. The molecule has 1 atom stereocenters. The average molecular weight is 537 g/mol. The van der Waals surface area contributed by atoms with E-state index in [1.165, 1.54) is 17.0 Å². The lowest BCUT2D eigenvalue weighted by molar-refractivity contribution is -0.0262. The first-order valence-electron chi connectivity index (χ1n) is 10.8. The number of halogens is 3. The van der Waals surface area contributed by atoms with E-state index in [9.17, 15) is 23.8 Å². The maximum atomic E-state index is 13.9. The molecule has 0 bridgehead atoms. The van der Waals surface area contributed by atoms with Crippen molar-refractivity contribution in [1.29, 1.82) is 0 Å². The summed E-state index contributed by atoms with van der Waals surface area (Å²) in [5.74, 6) is 4.26. The molecule has 2 aromatic rings. The van der Waals surface area contributed by atoms with Crippen molar-refractivity contribution >= 4 is 22.0 Å². The third-order valence-corrected chi connectivity index (χ3v) is 6.19. The summed E-state index contributed by atoms with van der Waals surface area (Å²) in [4.78, 5) is 18.1. The summed E-state index contributed by atoms with van der Waals surface area (Å²) in [6.45, 7) is 6.03. The molecule has 1 aliphatic heterocycles. The molecule has 1 amide bonds. The molecule has 6 nitrogen and oxygen atoms in total. The van der Waals surface area contributed by atoms with Crippen LogP contribution in [0.1, 0.15) is 56.6 Å². The van der Waals surface area contributed by atoms with Crippen LogP contribution in [0.5, 0.6) is 0 Å². The van der Waals surface area contributed by atoms with Gasteiger partial charge < -0.3 is 14.9 Å². The highest BCUT2D eigenvalue weighted by atomic mass is 79.9. The summed E-state index contributed by atoms with van der Waals surface area (Å²) in [6.07, 6.45) is -0.444. The molecule has 0 aliphatic carbocycles. The number of amides is 1. The van der Waals surface area contributed by atoms with Crippen molar-refractivity contribution in [3.63, 3.8) is 0 Å². The van der Waals surface area contributed by atoms with Gasteiger partial charge in [0.2, 0.25) is 0 Å². The van der Waals surface area contributed by atoms with Gasteiger partial charge in [-0.15, -0.1) is 0 Å². The number of carboxylic acid groups (broad SMARTS) is 1.